The lowest BCUT2D eigenvalue weighted by Gasteiger charge is -2.15. The van der Waals surface area contributed by atoms with Crippen molar-refractivity contribution in [3.8, 4) is 0 Å². The first kappa shape index (κ1) is 14.2. The van der Waals surface area contributed by atoms with Crippen molar-refractivity contribution in [2.45, 2.75) is 0 Å². The van der Waals surface area contributed by atoms with Crippen LogP contribution in [0.4, 0.5) is 11.4 Å². The fourth-order valence-corrected chi connectivity index (χ4v) is 2.53. The molecule has 1 aliphatic heterocycles. The van der Waals surface area contributed by atoms with Crippen LogP contribution in [0.1, 0.15) is 0 Å². The summed E-state index contributed by atoms with van der Waals surface area (Å²) in [6.45, 7) is 0. The monoisotopic (exact) mass is 311 g/mol. The molecule has 1 unspecified atom stereocenters. The van der Waals surface area contributed by atoms with Crippen molar-refractivity contribution < 1.29 is 9.59 Å². The van der Waals surface area contributed by atoms with E-state index < -0.39 is 11.8 Å². The van der Waals surface area contributed by atoms with Gasteiger partial charge in [-0.3, -0.25) is 15.0 Å². The minimum absolute atomic E-state index is 0.187. The number of carbonyl (C=O) groups excluding carboxylic acids is 2. The third kappa shape index (κ3) is 2.68. The van der Waals surface area contributed by atoms with Crippen LogP contribution >= 0.6 is 12.2 Å². The first-order chi connectivity index (χ1) is 10.7. The lowest BCUT2D eigenvalue weighted by atomic mass is 10.1. The lowest BCUT2D eigenvalue weighted by molar-refractivity contribution is -0.124. The van der Waals surface area contributed by atoms with Crippen LogP contribution in [0.5, 0.6) is 0 Å². The van der Waals surface area contributed by atoms with Crippen LogP contribution in [-0.4, -0.2) is 16.8 Å². The van der Waals surface area contributed by atoms with Gasteiger partial charge >= 0.3 is 0 Å². The van der Waals surface area contributed by atoms with E-state index in [2.05, 4.69) is 10.7 Å². The highest BCUT2D eigenvalue weighted by atomic mass is 32.1. The molecule has 0 aromatic heterocycles. The van der Waals surface area contributed by atoms with E-state index in [1.807, 2.05) is 36.4 Å². The van der Waals surface area contributed by atoms with Gasteiger partial charge in [-0.15, -0.1) is 0 Å². The van der Waals surface area contributed by atoms with E-state index in [-0.39, 0.29) is 10.9 Å². The van der Waals surface area contributed by atoms with Crippen LogP contribution in [0.2, 0.25) is 0 Å². The minimum Gasteiger partial charge on any atom is -0.349 e. The maximum Gasteiger partial charge on any atom is 0.265 e. The molecule has 1 saturated heterocycles. The van der Waals surface area contributed by atoms with E-state index in [0.29, 0.717) is 5.69 Å². The van der Waals surface area contributed by atoms with Crippen molar-refractivity contribution in [1.82, 2.24) is 5.43 Å². The SMILES string of the molecule is O=C1NN(c2ccccc2)C(=O)C1C(=S)Nc1ccccc1. The van der Waals surface area contributed by atoms with E-state index in [4.69, 9.17) is 12.2 Å². The van der Waals surface area contributed by atoms with Gasteiger partial charge in [0.25, 0.3) is 11.8 Å². The quantitative estimate of drug-likeness (QED) is 0.673. The second-order valence-corrected chi connectivity index (χ2v) is 5.21. The van der Waals surface area contributed by atoms with Crippen molar-refractivity contribution in [2.75, 3.05) is 10.3 Å². The summed E-state index contributed by atoms with van der Waals surface area (Å²) in [5.74, 6) is -1.83. The molecule has 2 N–H and O–H groups in total. The third-order valence-corrected chi connectivity index (χ3v) is 3.61. The highest BCUT2D eigenvalue weighted by molar-refractivity contribution is 7.80. The molecule has 1 atom stereocenters. The Morgan fingerprint density at radius 1 is 1.00 bits per heavy atom. The summed E-state index contributed by atoms with van der Waals surface area (Å²) in [7, 11) is 0. The zero-order valence-corrected chi connectivity index (χ0v) is 12.3. The zero-order chi connectivity index (χ0) is 15.5. The van der Waals surface area contributed by atoms with Gasteiger partial charge in [0, 0.05) is 5.69 Å². The van der Waals surface area contributed by atoms with Gasteiger partial charge in [-0.2, -0.15) is 0 Å². The molecule has 0 radical (unpaired) electrons. The van der Waals surface area contributed by atoms with Crippen molar-refractivity contribution >= 4 is 40.4 Å². The number of anilines is 2. The molecule has 0 aliphatic carbocycles. The number of carbonyl (C=O) groups is 2. The predicted molar refractivity (Wildman–Crippen MR) is 88.2 cm³/mol. The van der Waals surface area contributed by atoms with Crippen LogP contribution in [0.3, 0.4) is 0 Å². The van der Waals surface area contributed by atoms with E-state index in [1.54, 1.807) is 24.3 Å². The molecular formula is C16H13N3O2S. The third-order valence-electron chi connectivity index (χ3n) is 3.27. The number of para-hydroxylation sites is 2. The van der Waals surface area contributed by atoms with Crippen LogP contribution in [0, 0.1) is 5.92 Å². The highest BCUT2D eigenvalue weighted by Gasteiger charge is 2.42. The number of amides is 2. The number of nitrogens with one attached hydrogen (secondary N) is 2. The highest BCUT2D eigenvalue weighted by Crippen LogP contribution is 2.21. The van der Waals surface area contributed by atoms with E-state index in [0.717, 1.165) is 5.69 Å². The Bertz CT molecular complexity index is 719. The Kier molecular flexibility index (Phi) is 3.84. The molecule has 2 aromatic rings. The minimum atomic E-state index is -1.02. The second-order valence-electron chi connectivity index (χ2n) is 4.77. The van der Waals surface area contributed by atoms with Gasteiger partial charge in [-0.25, -0.2) is 5.01 Å². The first-order valence-electron chi connectivity index (χ1n) is 6.72. The Labute approximate surface area is 132 Å². The topological polar surface area (TPSA) is 61.4 Å². The number of nitrogens with zero attached hydrogens (tertiary/aromatic N) is 1. The van der Waals surface area contributed by atoms with Gasteiger partial charge in [0.2, 0.25) is 0 Å². The van der Waals surface area contributed by atoms with Crippen molar-refractivity contribution in [1.29, 1.82) is 0 Å². The average Bonchev–Trinajstić information content (AvgIpc) is 2.84. The molecular weight excluding hydrogens is 298 g/mol. The standard InChI is InChI=1S/C16H13N3O2S/c20-14-13(15(22)17-11-7-3-1-4-8-11)16(21)19(18-14)12-9-5-2-6-10-12/h1-10,13H,(H,17,22)(H,18,20). The average molecular weight is 311 g/mol. The number of benzene rings is 2. The fourth-order valence-electron chi connectivity index (χ4n) is 2.21. The van der Waals surface area contributed by atoms with E-state index in [1.165, 1.54) is 5.01 Å². The zero-order valence-electron chi connectivity index (χ0n) is 11.5. The van der Waals surface area contributed by atoms with Gasteiger partial charge in [-0.1, -0.05) is 48.6 Å². The van der Waals surface area contributed by atoms with Crippen LogP contribution in [0.25, 0.3) is 0 Å². The molecule has 1 fully saturated rings. The second kappa shape index (κ2) is 5.95. The molecule has 0 spiro atoms. The maximum absolute atomic E-state index is 12.5. The molecule has 2 aromatic carbocycles. The summed E-state index contributed by atoms with van der Waals surface area (Å²) in [5.41, 5.74) is 3.90. The smallest absolute Gasteiger partial charge is 0.265 e. The van der Waals surface area contributed by atoms with Crippen molar-refractivity contribution in [2.24, 2.45) is 5.92 Å². The van der Waals surface area contributed by atoms with Gasteiger partial charge < -0.3 is 5.32 Å². The molecule has 6 heteroatoms. The summed E-state index contributed by atoms with van der Waals surface area (Å²) >= 11 is 5.23. The van der Waals surface area contributed by atoms with E-state index >= 15 is 0 Å². The summed E-state index contributed by atoms with van der Waals surface area (Å²) < 4.78 is 0. The number of rotatable bonds is 3. The Hall–Kier alpha value is -2.73. The molecule has 1 heterocycles. The number of hydrazine groups is 1. The number of hydrogen-bond acceptors (Lipinski definition) is 3. The van der Waals surface area contributed by atoms with Gasteiger partial charge in [0.05, 0.1) is 5.69 Å². The van der Waals surface area contributed by atoms with Crippen molar-refractivity contribution in [3.63, 3.8) is 0 Å². The largest absolute Gasteiger partial charge is 0.349 e. The van der Waals surface area contributed by atoms with Gasteiger partial charge in [0.1, 0.15) is 4.99 Å². The molecule has 3 rings (SSSR count). The molecule has 0 saturated carbocycles. The molecule has 5 nitrogen and oxygen atoms in total. The normalized spacial score (nSPS) is 17.3. The van der Waals surface area contributed by atoms with E-state index in [9.17, 15) is 9.59 Å². The van der Waals surface area contributed by atoms with Gasteiger partial charge in [-0.05, 0) is 24.3 Å². The van der Waals surface area contributed by atoms with Gasteiger partial charge in [0.15, 0.2) is 5.92 Å². The Morgan fingerprint density at radius 2 is 1.59 bits per heavy atom. The van der Waals surface area contributed by atoms with Crippen LogP contribution in [0.15, 0.2) is 60.7 Å². The first-order valence-corrected chi connectivity index (χ1v) is 7.13. The molecule has 0 bridgehead atoms. The lowest BCUT2D eigenvalue weighted by Crippen LogP contribution is -2.36. The summed E-state index contributed by atoms with van der Waals surface area (Å²) in [5, 5.41) is 4.17. The predicted octanol–water partition coefficient (Wildman–Crippen LogP) is 2.12. The maximum atomic E-state index is 12.5. The number of hydrogen-bond donors (Lipinski definition) is 2. The van der Waals surface area contributed by atoms with Crippen LogP contribution < -0.4 is 15.8 Å². The molecule has 2 amide bonds. The molecule has 1 aliphatic rings. The summed E-state index contributed by atoms with van der Waals surface area (Å²) in [4.78, 5) is 24.7. The Balaban J connectivity index is 1.78. The molecule has 110 valence electrons. The fraction of sp³-hybridized carbons (Fsp3) is 0.0625. The van der Waals surface area contributed by atoms with Crippen LogP contribution in [-0.2, 0) is 9.59 Å². The summed E-state index contributed by atoms with van der Waals surface area (Å²) in [6, 6.07) is 18.1. The number of thiocarbonyl (C=S) groups is 1. The Morgan fingerprint density at radius 3 is 2.23 bits per heavy atom. The van der Waals surface area contributed by atoms with Crippen molar-refractivity contribution in [3.05, 3.63) is 60.7 Å². The summed E-state index contributed by atoms with van der Waals surface area (Å²) in [6.07, 6.45) is 0. The molecule has 22 heavy (non-hydrogen) atoms.